The van der Waals surface area contributed by atoms with E-state index in [1.165, 1.54) is 12.1 Å². The van der Waals surface area contributed by atoms with Crippen molar-refractivity contribution in [2.45, 2.75) is 19.9 Å². The second kappa shape index (κ2) is 8.14. The van der Waals surface area contributed by atoms with Crippen LogP contribution in [0.2, 0.25) is 0 Å². The molecule has 0 aromatic heterocycles. The monoisotopic (exact) mass is 280 g/mol. The van der Waals surface area contributed by atoms with E-state index >= 15 is 0 Å². The first kappa shape index (κ1) is 15.9. The summed E-state index contributed by atoms with van der Waals surface area (Å²) in [5.74, 6) is -0.773. The van der Waals surface area contributed by atoms with Gasteiger partial charge in [-0.1, -0.05) is 17.2 Å². The minimum atomic E-state index is -0.705. The summed E-state index contributed by atoms with van der Waals surface area (Å²) < 4.78 is 18.3. The lowest BCUT2D eigenvalue weighted by Gasteiger charge is -2.17. The van der Waals surface area contributed by atoms with Crippen molar-refractivity contribution in [1.82, 2.24) is 5.32 Å². The average Bonchev–Trinajstić information content (AvgIpc) is 2.42. The van der Waals surface area contributed by atoms with Crippen LogP contribution in [0.1, 0.15) is 24.1 Å². The van der Waals surface area contributed by atoms with E-state index in [1.807, 2.05) is 0 Å². The first-order valence-corrected chi connectivity index (χ1v) is 6.27. The van der Waals surface area contributed by atoms with Crippen LogP contribution in [0.3, 0.4) is 0 Å². The Morgan fingerprint density at radius 3 is 2.95 bits per heavy atom. The lowest BCUT2D eigenvalue weighted by molar-refractivity contribution is -0.145. The van der Waals surface area contributed by atoms with E-state index in [-0.39, 0.29) is 19.0 Å². The molecule has 1 N–H and O–H groups in total. The number of esters is 1. The summed E-state index contributed by atoms with van der Waals surface area (Å²) in [6.45, 7) is 4.13. The Labute approximate surface area is 116 Å². The fourth-order valence-corrected chi connectivity index (χ4v) is 1.71. The molecule has 0 bridgehead atoms. The van der Waals surface area contributed by atoms with Crippen LogP contribution in [0.5, 0.6) is 0 Å². The zero-order valence-corrected chi connectivity index (χ0v) is 11.5. The van der Waals surface area contributed by atoms with E-state index in [1.54, 1.807) is 19.9 Å². The van der Waals surface area contributed by atoms with Crippen LogP contribution in [0.4, 0.5) is 4.39 Å². The second-order valence-electron chi connectivity index (χ2n) is 4.10. The van der Waals surface area contributed by atoms with E-state index in [0.717, 1.165) is 0 Å². The number of hydrogen-bond acceptors (Lipinski definition) is 4. The molecule has 1 aromatic carbocycles. The van der Waals surface area contributed by atoms with Gasteiger partial charge < -0.3 is 10.1 Å². The highest BCUT2D eigenvalue weighted by molar-refractivity contribution is 5.77. The molecule has 0 heterocycles. The number of aryl methyl sites for hydroxylation is 1. The molecule has 0 radical (unpaired) electrons. The maximum Gasteiger partial charge on any atom is 0.327 e. The Bertz CT molecular complexity index is 515. The van der Waals surface area contributed by atoms with Crippen LogP contribution in [0.15, 0.2) is 23.3 Å². The number of ether oxygens (including phenoxy) is 1. The third-order valence-corrected chi connectivity index (χ3v) is 2.66. The smallest absolute Gasteiger partial charge is 0.327 e. The normalized spacial score (nSPS) is 11.6. The summed E-state index contributed by atoms with van der Waals surface area (Å²) in [5.41, 5.74) is 9.27. The lowest BCUT2D eigenvalue weighted by Crippen LogP contribution is -2.32. The molecule has 0 aliphatic heterocycles. The zero-order valence-electron chi connectivity index (χ0n) is 11.5. The van der Waals surface area contributed by atoms with Gasteiger partial charge in [0.1, 0.15) is 11.9 Å². The minimum Gasteiger partial charge on any atom is -0.465 e. The van der Waals surface area contributed by atoms with Crippen LogP contribution in [-0.4, -0.2) is 25.7 Å². The molecule has 108 valence electrons. The highest BCUT2D eigenvalue weighted by atomic mass is 19.1. The maximum atomic E-state index is 13.3. The number of rotatable bonds is 7. The van der Waals surface area contributed by atoms with Gasteiger partial charge in [-0.2, -0.15) is 0 Å². The predicted octanol–water partition coefficient (Wildman–Crippen LogP) is 2.64. The van der Waals surface area contributed by atoms with Crippen molar-refractivity contribution < 1.29 is 13.9 Å². The van der Waals surface area contributed by atoms with E-state index in [4.69, 9.17) is 10.3 Å². The molecule has 0 aliphatic carbocycles. The van der Waals surface area contributed by atoms with Gasteiger partial charge in [-0.25, -0.2) is 9.18 Å². The van der Waals surface area contributed by atoms with Crippen LogP contribution >= 0.6 is 0 Å². The Morgan fingerprint density at radius 1 is 1.60 bits per heavy atom. The van der Waals surface area contributed by atoms with Crippen LogP contribution in [0, 0.1) is 12.7 Å². The third-order valence-electron chi connectivity index (χ3n) is 2.66. The molecule has 0 aliphatic rings. The average molecular weight is 280 g/mol. The van der Waals surface area contributed by atoms with Gasteiger partial charge >= 0.3 is 5.97 Å². The van der Waals surface area contributed by atoms with Gasteiger partial charge in [-0.15, -0.1) is 0 Å². The minimum absolute atomic E-state index is 0.215. The van der Waals surface area contributed by atoms with Crippen molar-refractivity contribution >= 4 is 5.97 Å². The number of carbonyl (C=O) groups excluding carboxylic acids is 1. The zero-order chi connectivity index (χ0) is 15.0. The van der Waals surface area contributed by atoms with E-state index in [9.17, 15) is 9.18 Å². The first-order chi connectivity index (χ1) is 9.60. The lowest BCUT2D eigenvalue weighted by atomic mass is 10.0. The fourth-order valence-electron chi connectivity index (χ4n) is 1.71. The first-order valence-electron chi connectivity index (χ1n) is 6.27. The topological polar surface area (TPSA) is 87.1 Å². The summed E-state index contributed by atoms with van der Waals surface area (Å²) in [6, 6.07) is 3.73. The molecule has 0 amide bonds. The van der Waals surface area contributed by atoms with Crippen LogP contribution in [-0.2, 0) is 9.53 Å². The van der Waals surface area contributed by atoms with E-state index in [2.05, 4.69) is 15.3 Å². The summed E-state index contributed by atoms with van der Waals surface area (Å²) >= 11 is 0. The van der Waals surface area contributed by atoms with Crippen molar-refractivity contribution in [3.8, 4) is 0 Å². The largest absolute Gasteiger partial charge is 0.465 e. The predicted molar refractivity (Wildman–Crippen MR) is 72.5 cm³/mol. The third kappa shape index (κ3) is 4.53. The molecule has 1 atom stereocenters. The molecular weight excluding hydrogens is 263 g/mol. The number of nitrogens with zero attached hydrogens (tertiary/aromatic N) is 3. The maximum absolute atomic E-state index is 13.3. The molecule has 0 saturated carbocycles. The van der Waals surface area contributed by atoms with Crippen LogP contribution in [0.25, 0.3) is 10.4 Å². The van der Waals surface area contributed by atoms with Gasteiger partial charge in [0.15, 0.2) is 0 Å². The quantitative estimate of drug-likeness (QED) is 0.274. The SMILES string of the molecule is CCOC(=O)C(NCCN=[N+]=[N-])c1ccc(F)c(C)c1. The Morgan fingerprint density at radius 2 is 2.35 bits per heavy atom. The number of benzene rings is 1. The summed E-state index contributed by atoms with van der Waals surface area (Å²) in [7, 11) is 0. The summed E-state index contributed by atoms with van der Waals surface area (Å²) in [5, 5.41) is 6.32. The molecule has 20 heavy (non-hydrogen) atoms. The molecule has 0 saturated heterocycles. The number of halogens is 1. The molecule has 1 aromatic rings. The van der Waals surface area contributed by atoms with E-state index in [0.29, 0.717) is 17.7 Å². The van der Waals surface area contributed by atoms with E-state index < -0.39 is 12.0 Å². The van der Waals surface area contributed by atoms with Crippen molar-refractivity contribution in [2.75, 3.05) is 19.7 Å². The fraction of sp³-hybridized carbons (Fsp3) is 0.462. The molecular formula is C13H17FN4O2. The van der Waals surface area contributed by atoms with Gasteiger partial charge in [0, 0.05) is 18.0 Å². The number of azide groups is 1. The standard InChI is InChI=1S/C13H17FN4O2/c1-3-20-13(19)12(16-6-7-17-18-15)10-4-5-11(14)9(2)8-10/h4-5,8,12,16H,3,6-7H2,1-2H3. The Hall–Kier alpha value is -2.11. The summed E-state index contributed by atoms with van der Waals surface area (Å²) in [4.78, 5) is 14.6. The summed E-state index contributed by atoms with van der Waals surface area (Å²) in [6.07, 6.45) is 0. The Balaban J connectivity index is 2.87. The van der Waals surface area contributed by atoms with Gasteiger partial charge in [-0.05, 0) is 36.6 Å². The number of hydrogen-bond donors (Lipinski definition) is 1. The molecule has 6 nitrogen and oxygen atoms in total. The molecule has 1 rings (SSSR count). The molecule has 0 spiro atoms. The van der Waals surface area contributed by atoms with Crippen molar-refractivity contribution in [2.24, 2.45) is 5.11 Å². The molecule has 0 fully saturated rings. The number of nitrogens with one attached hydrogen (secondary N) is 1. The van der Waals surface area contributed by atoms with Gasteiger partial charge in [-0.3, -0.25) is 0 Å². The highest BCUT2D eigenvalue weighted by Crippen LogP contribution is 2.18. The molecule has 1 unspecified atom stereocenters. The van der Waals surface area contributed by atoms with Gasteiger partial charge in [0.25, 0.3) is 0 Å². The molecule has 7 heteroatoms. The van der Waals surface area contributed by atoms with Crippen molar-refractivity contribution in [1.29, 1.82) is 0 Å². The Kier molecular flexibility index (Phi) is 6.49. The number of carbonyl (C=O) groups is 1. The van der Waals surface area contributed by atoms with Crippen molar-refractivity contribution in [3.05, 3.63) is 45.6 Å². The highest BCUT2D eigenvalue weighted by Gasteiger charge is 2.21. The van der Waals surface area contributed by atoms with Crippen molar-refractivity contribution in [3.63, 3.8) is 0 Å². The second-order valence-corrected chi connectivity index (χ2v) is 4.10. The van der Waals surface area contributed by atoms with Gasteiger partial charge in [0.2, 0.25) is 0 Å². The van der Waals surface area contributed by atoms with Gasteiger partial charge in [0.05, 0.1) is 6.61 Å². The van der Waals surface area contributed by atoms with Crippen LogP contribution < -0.4 is 5.32 Å².